The van der Waals surface area contributed by atoms with Crippen LogP contribution in [0, 0.1) is 5.41 Å². The molecule has 0 heterocycles. The Morgan fingerprint density at radius 1 is 1.26 bits per heavy atom. The van der Waals surface area contributed by atoms with Gasteiger partial charge in [0.2, 0.25) is 0 Å². The largest absolute Gasteiger partial charge is 0.493 e. The summed E-state index contributed by atoms with van der Waals surface area (Å²) in [6.07, 6.45) is -4.54. The highest BCUT2D eigenvalue weighted by Crippen LogP contribution is 2.36. The Morgan fingerprint density at radius 3 is 2.33 bits per heavy atom. The van der Waals surface area contributed by atoms with Crippen LogP contribution in [0.25, 0.3) is 10.8 Å². The summed E-state index contributed by atoms with van der Waals surface area (Å²) < 4.78 is 42.8. The van der Waals surface area contributed by atoms with Crippen LogP contribution in [0.4, 0.5) is 13.2 Å². The van der Waals surface area contributed by atoms with E-state index in [2.05, 4.69) is 0 Å². The standard InChI is InChI=1S/C15H18N2O3.C2HF3O2/c1-19-13-6-5-10-3-4-11(15(16)17)9-12(10)14(13)20-8-2-7-18;3-2(4,5)1(6)7/h3-6,9,18H,2,7-8H2,1H3,(H3,16,17);(H,6,7). The molecule has 0 aliphatic rings. The van der Waals surface area contributed by atoms with E-state index < -0.39 is 12.1 Å². The van der Waals surface area contributed by atoms with Crippen molar-refractivity contribution in [2.24, 2.45) is 5.73 Å². The van der Waals surface area contributed by atoms with Crippen LogP contribution in [0.1, 0.15) is 12.0 Å². The number of hydrogen-bond acceptors (Lipinski definition) is 5. The van der Waals surface area contributed by atoms with Crippen molar-refractivity contribution in [3.05, 3.63) is 35.9 Å². The number of aliphatic hydroxyl groups excluding tert-OH is 1. The second kappa shape index (κ2) is 9.62. The second-order valence-corrected chi connectivity index (χ2v) is 5.18. The molecule has 2 aromatic carbocycles. The van der Waals surface area contributed by atoms with E-state index in [1.54, 1.807) is 13.2 Å². The van der Waals surface area contributed by atoms with Crippen LogP contribution in [0.2, 0.25) is 0 Å². The smallest absolute Gasteiger partial charge is 0.490 e. The van der Waals surface area contributed by atoms with Gasteiger partial charge in [0, 0.05) is 24.0 Å². The van der Waals surface area contributed by atoms with Crippen molar-refractivity contribution in [1.82, 2.24) is 0 Å². The van der Waals surface area contributed by atoms with Crippen molar-refractivity contribution in [2.75, 3.05) is 20.3 Å². The van der Waals surface area contributed by atoms with Gasteiger partial charge in [-0.3, -0.25) is 5.41 Å². The van der Waals surface area contributed by atoms with E-state index in [9.17, 15) is 13.2 Å². The third kappa shape index (κ3) is 6.33. The molecule has 2 aromatic rings. The molecule has 27 heavy (non-hydrogen) atoms. The summed E-state index contributed by atoms with van der Waals surface area (Å²) in [6, 6.07) is 9.27. The number of rotatable bonds is 6. The summed E-state index contributed by atoms with van der Waals surface area (Å²) in [6.45, 7) is 0.474. The van der Waals surface area contributed by atoms with Crippen LogP contribution in [0.5, 0.6) is 11.5 Å². The molecule has 10 heteroatoms. The number of alkyl halides is 3. The number of aliphatic hydroxyl groups is 1. The molecule has 0 aromatic heterocycles. The maximum atomic E-state index is 10.6. The number of aliphatic carboxylic acids is 1. The maximum Gasteiger partial charge on any atom is 0.490 e. The molecule has 0 saturated heterocycles. The zero-order valence-electron chi connectivity index (χ0n) is 14.3. The highest BCUT2D eigenvalue weighted by molar-refractivity contribution is 6.01. The summed E-state index contributed by atoms with van der Waals surface area (Å²) in [5.74, 6) is -1.51. The Bertz CT molecular complexity index is 809. The fraction of sp³-hybridized carbons (Fsp3) is 0.294. The molecule has 0 aliphatic heterocycles. The van der Waals surface area contributed by atoms with Gasteiger partial charge in [-0.25, -0.2) is 4.79 Å². The van der Waals surface area contributed by atoms with Gasteiger partial charge in [-0.1, -0.05) is 18.2 Å². The van der Waals surface area contributed by atoms with Gasteiger partial charge in [0.05, 0.1) is 13.7 Å². The van der Waals surface area contributed by atoms with Gasteiger partial charge < -0.3 is 25.4 Å². The van der Waals surface area contributed by atoms with E-state index in [4.69, 9.17) is 35.6 Å². The highest BCUT2D eigenvalue weighted by Gasteiger charge is 2.38. The third-order valence-corrected chi connectivity index (χ3v) is 3.26. The van der Waals surface area contributed by atoms with Gasteiger partial charge in [0.25, 0.3) is 0 Å². The summed E-state index contributed by atoms with van der Waals surface area (Å²) in [5, 5.41) is 25.3. The van der Waals surface area contributed by atoms with Crippen molar-refractivity contribution in [3.8, 4) is 11.5 Å². The second-order valence-electron chi connectivity index (χ2n) is 5.18. The minimum Gasteiger partial charge on any atom is -0.493 e. The van der Waals surface area contributed by atoms with Crippen LogP contribution >= 0.6 is 0 Å². The number of carboxylic acids is 1. The summed E-state index contributed by atoms with van der Waals surface area (Å²) in [4.78, 5) is 8.90. The molecule has 0 fully saturated rings. The molecule has 0 spiro atoms. The van der Waals surface area contributed by atoms with E-state index in [-0.39, 0.29) is 12.4 Å². The van der Waals surface area contributed by atoms with Crippen molar-refractivity contribution >= 4 is 22.6 Å². The lowest BCUT2D eigenvalue weighted by molar-refractivity contribution is -0.192. The molecular weight excluding hydrogens is 369 g/mol. The fourth-order valence-corrected chi connectivity index (χ4v) is 1.99. The number of halogens is 3. The number of carbonyl (C=O) groups is 1. The first-order chi connectivity index (χ1) is 12.6. The summed E-state index contributed by atoms with van der Waals surface area (Å²) >= 11 is 0. The van der Waals surface area contributed by atoms with E-state index in [0.717, 1.165) is 10.8 Å². The van der Waals surface area contributed by atoms with Crippen molar-refractivity contribution < 1.29 is 37.7 Å². The molecule has 0 atom stereocenters. The number of methoxy groups -OCH3 is 1. The Labute approximate surface area is 152 Å². The summed E-state index contributed by atoms with van der Waals surface area (Å²) in [5.41, 5.74) is 6.16. The minimum atomic E-state index is -5.08. The lowest BCUT2D eigenvalue weighted by Gasteiger charge is -2.14. The van der Waals surface area contributed by atoms with Gasteiger partial charge in [0.1, 0.15) is 5.84 Å². The SMILES string of the molecule is COc1ccc2ccc(C(=N)N)cc2c1OCCCO.O=C(O)C(F)(F)F. The van der Waals surface area contributed by atoms with Crippen LogP contribution in [0.3, 0.4) is 0 Å². The van der Waals surface area contributed by atoms with Gasteiger partial charge in [-0.05, 0) is 17.5 Å². The predicted molar refractivity (Wildman–Crippen MR) is 92.4 cm³/mol. The molecule has 0 bridgehead atoms. The monoisotopic (exact) mass is 388 g/mol. The normalized spacial score (nSPS) is 10.7. The molecule has 0 aliphatic carbocycles. The number of hydrogen-bond donors (Lipinski definition) is 4. The van der Waals surface area contributed by atoms with E-state index in [1.165, 1.54) is 0 Å². The molecule has 0 radical (unpaired) electrons. The number of ether oxygens (including phenoxy) is 2. The number of benzene rings is 2. The molecule has 0 amide bonds. The minimum absolute atomic E-state index is 0.0102. The molecule has 5 N–H and O–H groups in total. The van der Waals surface area contributed by atoms with E-state index in [0.29, 0.717) is 30.1 Å². The summed E-state index contributed by atoms with van der Waals surface area (Å²) in [7, 11) is 1.58. The molecular formula is C17H19F3N2O5. The highest BCUT2D eigenvalue weighted by atomic mass is 19.4. The van der Waals surface area contributed by atoms with Crippen molar-refractivity contribution in [3.63, 3.8) is 0 Å². The van der Waals surface area contributed by atoms with E-state index in [1.807, 2.05) is 24.3 Å². The zero-order chi connectivity index (χ0) is 20.6. The third-order valence-electron chi connectivity index (χ3n) is 3.26. The zero-order valence-corrected chi connectivity index (χ0v) is 14.3. The van der Waals surface area contributed by atoms with Gasteiger partial charge in [-0.2, -0.15) is 13.2 Å². The van der Waals surface area contributed by atoms with Crippen molar-refractivity contribution in [2.45, 2.75) is 12.6 Å². The molecule has 0 saturated carbocycles. The van der Waals surface area contributed by atoms with E-state index >= 15 is 0 Å². The lowest BCUT2D eigenvalue weighted by atomic mass is 10.0. The molecule has 0 unspecified atom stereocenters. The Hall–Kier alpha value is -3.01. The number of nitrogens with two attached hydrogens (primary N) is 1. The Morgan fingerprint density at radius 2 is 1.85 bits per heavy atom. The van der Waals surface area contributed by atoms with Gasteiger partial charge in [-0.15, -0.1) is 0 Å². The quantitative estimate of drug-likeness (QED) is 0.342. The van der Waals surface area contributed by atoms with Gasteiger partial charge >= 0.3 is 12.1 Å². The average molecular weight is 388 g/mol. The Balaban J connectivity index is 0.000000445. The first-order valence-electron chi connectivity index (χ1n) is 7.60. The number of carboxylic acid groups (broad SMARTS) is 1. The first kappa shape index (κ1) is 22.0. The number of nitrogen functional groups attached to an aromatic ring is 1. The maximum absolute atomic E-state index is 10.6. The van der Waals surface area contributed by atoms with Gasteiger partial charge in [0.15, 0.2) is 11.5 Å². The number of nitrogens with one attached hydrogen (secondary N) is 1. The Kier molecular flexibility index (Phi) is 7.85. The topological polar surface area (TPSA) is 126 Å². The lowest BCUT2D eigenvalue weighted by Crippen LogP contribution is -2.21. The first-order valence-corrected chi connectivity index (χ1v) is 7.60. The van der Waals surface area contributed by atoms with Crippen LogP contribution in [-0.2, 0) is 4.79 Å². The van der Waals surface area contributed by atoms with Crippen LogP contribution < -0.4 is 15.2 Å². The average Bonchev–Trinajstić information content (AvgIpc) is 2.61. The number of fused-ring (bicyclic) bond motifs is 1. The molecule has 148 valence electrons. The molecule has 2 rings (SSSR count). The fourth-order valence-electron chi connectivity index (χ4n) is 1.99. The van der Waals surface area contributed by atoms with Crippen LogP contribution in [0.15, 0.2) is 30.3 Å². The predicted octanol–water partition coefficient (Wildman–Crippen LogP) is 2.53. The number of amidine groups is 1. The van der Waals surface area contributed by atoms with Crippen LogP contribution in [-0.4, -0.2) is 48.5 Å². The van der Waals surface area contributed by atoms with Crippen molar-refractivity contribution in [1.29, 1.82) is 5.41 Å². The molecule has 7 nitrogen and oxygen atoms in total.